The predicted molar refractivity (Wildman–Crippen MR) is 234 cm³/mol. The molecule has 8 aromatic carbocycles. The van der Waals surface area contributed by atoms with Crippen molar-refractivity contribution in [1.82, 2.24) is 9.97 Å². The van der Waals surface area contributed by atoms with Crippen molar-refractivity contribution in [3.8, 4) is 78.3 Å². The SMILES string of the molecule is C[Si]1(C)c2cc3ccccc3cc2-c2c(-c3cccc(-c4cccc(-c5cc(-c6ccccc6)cc(-c6ccccc6)c5)c4)c3)nc(-c3ccccc3)nc21. The summed E-state index contributed by atoms with van der Waals surface area (Å²) in [5.74, 6) is 0.784. The molecule has 0 aliphatic carbocycles. The summed E-state index contributed by atoms with van der Waals surface area (Å²) < 4.78 is 0. The van der Waals surface area contributed by atoms with Gasteiger partial charge in [-0.1, -0.05) is 171 Å². The third-order valence-corrected chi connectivity index (χ3v) is 14.5. The lowest BCUT2D eigenvalue weighted by Gasteiger charge is -2.19. The number of nitrogens with zero attached hydrogens (tertiary/aromatic N) is 2. The first-order valence-electron chi connectivity index (χ1n) is 19.0. The minimum Gasteiger partial charge on any atom is -0.237 e. The Balaban J connectivity index is 1.12. The molecule has 0 bridgehead atoms. The van der Waals surface area contributed by atoms with Crippen molar-refractivity contribution in [1.29, 1.82) is 0 Å². The summed E-state index contributed by atoms with van der Waals surface area (Å²) >= 11 is 0. The molecular weight excluding hydrogens is 681 g/mol. The van der Waals surface area contributed by atoms with Crippen LogP contribution in [-0.4, -0.2) is 18.0 Å². The zero-order valence-corrected chi connectivity index (χ0v) is 31.9. The highest BCUT2D eigenvalue weighted by Crippen LogP contribution is 2.40. The van der Waals surface area contributed by atoms with Gasteiger partial charge in [-0.05, 0) is 102 Å². The molecule has 0 radical (unpaired) electrons. The van der Waals surface area contributed by atoms with Gasteiger partial charge in [0.05, 0.1) is 5.69 Å². The molecule has 2 heterocycles. The summed E-state index contributed by atoms with van der Waals surface area (Å²) in [4.78, 5) is 10.8. The Kier molecular flexibility index (Phi) is 7.97. The van der Waals surface area contributed by atoms with Gasteiger partial charge in [0, 0.05) is 22.0 Å². The Labute approximate surface area is 323 Å². The molecule has 55 heavy (non-hydrogen) atoms. The van der Waals surface area contributed by atoms with E-state index in [0.29, 0.717) is 0 Å². The second kappa shape index (κ2) is 13.3. The summed E-state index contributed by atoms with van der Waals surface area (Å²) in [5.41, 5.74) is 15.1. The molecule has 1 aromatic heterocycles. The number of fused-ring (bicyclic) bond motifs is 4. The molecule has 0 fully saturated rings. The summed E-state index contributed by atoms with van der Waals surface area (Å²) in [6.45, 7) is 4.88. The van der Waals surface area contributed by atoms with Crippen LogP contribution in [0.1, 0.15) is 0 Å². The first-order valence-corrected chi connectivity index (χ1v) is 22.0. The predicted octanol–water partition coefficient (Wildman–Crippen LogP) is 12.4. The van der Waals surface area contributed by atoms with E-state index in [1.165, 1.54) is 71.3 Å². The van der Waals surface area contributed by atoms with Gasteiger partial charge in [0.25, 0.3) is 0 Å². The molecule has 10 rings (SSSR count). The number of hydrogen-bond acceptors (Lipinski definition) is 2. The highest BCUT2D eigenvalue weighted by Gasteiger charge is 2.42. The molecule has 260 valence electrons. The molecule has 0 N–H and O–H groups in total. The van der Waals surface area contributed by atoms with Gasteiger partial charge in [-0.15, -0.1) is 0 Å². The minimum absolute atomic E-state index is 0.784. The molecule has 0 amide bonds. The largest absolute Gasteiger partial charge is 0.237 e. The first-order chi connectivity index (χ1) is 27.0. The normalized spacial score (nSPS) is 12.7. The van der Waals surface area contributed by atoms with Crippen LogP contribution in [-0.2, 0) is 0 Å². The summed E-state index contributed by atoms with van der Waals surface area (Å²) in [6, 6.07) is 70.1. The Morgan fingerprint density at radius 2 is 0.764 bits per heavy atom. The molecule has 2 nitrogen and oxygen atoms in total. The molecule has 1 aliphatic heterocycles. The standard InChI is InChI=1S/C52H38N2Si/c1-55(2)48-34-42-23-13-12-22-41(42)33-47(48)49-50(53-51(54-52(49)55)37-20-10-5-11-21-37)43-27-15-25-39(29-43)38-24-14-26-40(28-38)46-31-44(35-16-6-3-7-17-35)30-45(32-46)36-18-8-4-9-19-36/h3-34H,1-2H3. The van der Waals surface area contributed by atoms with Crippen LogP contribution in [0.5, 0.6) is 0 Å². The number of rotatable bonds is 6. The van der Waals surface area contributed by atoms with Crippen molar-refractivity contribution in [2.24, 2.45) is 0 Å². The van der Waals surface area contributed by atoms with Crippen LogP contribution in [0.3, 0.4) is 0 Å². The summed E-state index contributed by atoms with van der Waals surface area (Å²) in [5, 5.41) is 5.16. The quantitative estimate of drug-likeness (QED) is 0.160. The molecule has 0 spiro atoms. The second-order valence-electron chi connectivity index (χ2n) is 15.0. The molecule has 3 heteroatoms. The molecule has 0 unspecified atom stereocenters. The number of benzene rings is 8. The highest BCUT2D eigenvalue weighted by molar-refractivity contribution is 7.03. The number of hydrogen-bond donors (Lipinski definition) is 0. The molecular formula is C52H38N2Si. The van der Waals surface area contributed by atoms with Crippen LogP contribution in [0.2, 0.25) is 13.1 Å². The fourth-order valence-corrected chi connectivity index (χ4v) is 11.2. The van der Waals surface area contributed by atoms with Gasteiger partial charge in [-0.2, -0.15) is 0 Å². The lowest BCUT2D eigenvalue weighted by molar-refractivity contribution is 1.21. The minimum atomic E-state index is -2.16. The van der Waals surface area contributed by atoms with Gasteiger partial charge in [0.1, 0.15) is 8.07 Å². The van der Waals surface area contributed by atoms with Gasteiger partial charge >= 0.3 is 0 Å². The highest BCUT2D eigenvalue weighted by atomic mass is 28.3. The maximum atomic E-state index is 5.42. The van der Waals surface area contributed by atoms with Gasteiger partial charge in [0.2, 0.25) is 0 Å². The monoisotopic (exact) mass is 718 g/mol. The third kappa shape index (κ3) is 5.90. The molecule has 0 atom stereocenters. The average molecular weight is 719 g/mol. The number of aromatic nitrogens is 2. The van der Waals surface area contributed by atoms with Crippen LogP contribution >= 0.6 is 0 Å². The lowest BCUT2D eigenvalue weighted by atomic mass is 9.91. The van der Waals surface area contributed by atoms with Crippen molar-refractivity contribution < 1.29 is 0 Å². The van der Waals surface area contributed by atoms with Crippen molar-refractivity contribution in [2.45, 2.75) is 13.1 Å². The molecule has 0 saturated carbocycles. The van der Waals surface area contributed by atoms with E-state index in [4.69, 9.17) is 9.97 Å². The smallest absolute Gasteiger partial charge is 0.159 e. The van der Waals surface area contributed by atoms with Crippen LogP contribution < -0.4 is 10.5 Å². The Bertz CT molecular complexity index is 2820. The zero-order valence-electron chi connectivity index (χ0n) is 30.9. The Hall–Kier alpha value is -6.68. The average Bonchev–Trinajstić information content (AvgIpc) is 3.48. The molecule has 0 saturated heterocycles. The van der Waals surface area contributed by atoms with Gasteiger partial charge in [0.15, 0.2) is 5.82 Å². The van der Waals surface area contributed by atoms with E-state index in [1.807, 2.05) is 0 Å². The van der Waals surface area contributed by atoms with E-state index in [0.717, 1.165) is 28.2 Å². The van der Waals surface area contributed by atoms with Crippen molar-refractivity contribution in [3.63, 3.8) is 0 Å². The van der Waals surface area contributed by atoms with Gasteiger partial charge < -0.3 is 0 Å². The first kappa shape index (κ1) is 32.9. The van der Waals surface area contributed by atoms with Gasteiger partial charge in [-0.3, -0.25) is 0 Å². The van der Waals surface area contributed by atoms with E-state index >= 15 is 0 Å². The fourth-order valence-electron chi connectivity index (χ4n) is 8.30. The lowest BCUT2D eigenvalue weighted by Crippen LogP contribution is -2.51. The third-order valence-electron chi connectivity index (χ3n) is 11.2. The van der Waals surface area contributed by atoms with Crippen LogP contribution in [0.25, 0.3) is 89.1 Å². The summed E-state index contributed by atoms with van der Waals surface area (Å²) in [7, 11) is -2.16. The van der Waals surface area contributed by atoms with Crippen molar-refractivity contribution >= 4 is 29.4 Å². The van der Waals surface area contributed by atoms with Crippen molar-refractivity contribution in [2.75, 3.05) is 0 Å². The van der Waals surface area contributed by atoms with Crippen LogP contribution in [0.4, 0.5) is 0 Å². The Morgan fingerprint density at radius 1 is 0.345 bits per heavy atom. The zero-order chi connectivity index (χ0) is 36.9. The maximum absolute atomic E-state index is 5.42. The van der Waals surface area contributed by atoms with E-state index in [1.54, 1.807) is 0 Å². The van der Waals surface area contributed by atoms with Crippen molar-refractivity contribution in [3.05, 3.63) is 194 Å². The second-order valence-corrected chi connectivity index (χ2v) is 19.3. The van der Waals surface area contributed by atoms with E-state index in [2.05, 4.69) is 207 Å². The van der Waals surface area contributed by atoms with Crippen LogP contribution in [0.15, 0.2) is 194 Å². The Morgan fingerprint density at radius 3 is 1.35 bits per heavy atom. The van der Waals surface area contributed by atoms with E-state index in [-0.39, 0.29) is 0 Å². The topological polar surface area (TPSA) is 25.8 Å². The molecule has 9 aromatic rings. The van der Waals surface area contributed by atoms with E-state index < -0.39 is 8.07 Å². The fraction of sp³-hybridized carbons (Fsp3) is 0.0385. The summed E-state index contributed by atoms with van der Waals surface area (Å²) in [6.07, 6.45) is 0. The van der Waals surface area contributed by atoms with E-state index in [9.17, 15) is 0 Å². The van der Waals surface area contributed by atoms with Gasteiger partial charge in [-0.25, -0.2) is 9.97 Å². The molecule has 1 aliphatic rings. The maximum Gasteiger partial charge on any atom is 0.159 e. The van der Waals surface area contributed by atoms with Crippen LogP contribution in [0, 0.1) is 0 Å².